The second-order valence-corrected chi connectivity index (χ2v) is 6.87. The lowest BCUT2D eigenvalue weighted by atomic mass is 9.79. The molecule has 2 rings (SSSR count). The van der Waals surface area contributed by atoms with Crippen molar-refractivity contribution in [3.8, 4) is 0 Å². The van der Waals surface area contributed by atoms with Crippen LogP contribution in [0.3, 0.4) is 0 Å². The van der Waals surface area contributed by atoms with E-state index in [1.165, 1.54) is 43.2 Å². The minimum atomic E-state index is 0.207. The third kappa shape index (κ3) is 3.75. The Hall–Kier alpha value is -0.490. The van der Waals surface area contributed by atoms with Crippen LogP contribution in [0.25, 0.3) is 0 Å². The quantitative estimate of drug-likeness (QED) is 0.566. The summed E-state index contributed by atoms with van der Waals surface area (Å²) in [5, 5.41) is 0.207. The Labute approximate surface area is 123 Å². The maximum absolute atomic E-state index is 6.70. The average molecular weight is 279 g/mol. The normalized spacial score (nSPS) is 26.9. The third-order valence-corrected chi connectivity index (χ3v) is 5.52. The zero-order valence-electron chi connectivity index (χ0n) is 12.5. The minimum Gasteiger partial charge on any atom is -0.118 e. The summed E-state index contributed by atoms with van der Waals surface area (Å²) in [7, 11) is 0. The summed E-state index contributed by atoms with van der Waals surface area (Å²) < 4.78 is 0. The molecule has 0 N–H and O–H groups in total. The number of benzene rings is 1. The van der Waals surface area contributed by atoms with Crippen molar-refractivity contribution in [2.45, 2.75) is 64.2 Å². The summed E-state index contributed by atoms with van der Waals surface area (Å²) in [6.07, 6.45) is 6.48. The second kappa shape index (κ2) is 6.79. The van der Waals surface area contributed by atoms with Gasteiger partial charge in [0.05, 0.1) is 5.38 Å². The highest BCUT2D eigenvalue weighted by molar-refractivity contribution is 6.21. The Balaban J connectivity index is 2.01. The summed E-state index contributed by atoms with van der Waals surface area (Å²) in [6, 6.07) is 9.03. The molecule has 1 fully saturated rings. The molecule has 0 aromatic heterocycles. The van der Waals surface area contributed by atoms with E-state index in [1.54, 1.807) is 0 Å². The molecule has 1 aliphatic rings. The molecule has 0 spiro atoms. The first-order valence-corrected chi connectivity index (χ1v) is 8.29. The predicted molar refractivity (Wildman–Crippen MR) is 84.9 cm³/mol. The van der Waals surface area contributed by atoms with Crippen LogP contribution in [0, 0.1) is 11.8 Å². The van der Waals surface area contributed by atoms with Crippen molar-refractivity contribution in [1.29, 1.82) is 0 Å². The van der Waals surface area contributed by atoms with Crippen LogP contribution < -0.4 is 0 Å². The first-order valence-electron chi connectivity index (χ1n) is 7.85. The standard InChI is InChI=1S/C18H27Cl/c1-4-14(3)15-9-11-17(12-10-15)18(19)16-7-5-13(2)6-8-16/h9-14,16,18H,4-8H2,1-3H3. The molecule has 0 radical (unpaired) electrons. The van der Waals surface area contributed by atoms with Gasteiger partial charge in [-0.15, -0.1) is 11.6 Å². The highest BCUT2D eigenvalue weighted by Crippen LogP contribution is 2.40. The molecule has 1 aromatic carbocycles. The van der Waals surface area contributed by atoms with Crippen molar-refractivity contribution >= 4 is 11.6 Å². The van der Waals surface area contributed by atoms with Gasteiger partial charge in [-0.2, -0.15) is 0 Å². The zero-order valence-corrected chi connectivity index (χ0v) is 13.3. The van der Waals surface area contributed by atoms with Crippen molar-refractivity contribution < 1.29 is 0 Å². The molecular weight excluding hydrogens is 252 g/mol. The first-order chi connectivity index (χ1) is 9.11. The molecule has 0 heterocycles. The van der Waals surface area contributed by atoms with E-state index in [0.717, 1.165) is 5.92 Å². The Morgan fingerprint density at radius 3 is 2.11 bits per heavy atom. The second-order valence-electron chi connectivity index (χ2n) is 6.40. The lowest BCUT2D eigenvalue weighted by Crippen LogP contribution is -2.16. The van der Waals surface area contributed by atoms with E-state index in [2.05, 4.69) is 45.0 Å². The Kier molecular flexibility index (Phi) is 5.33. The summed E-state index contributed by atoms with van der Waals surface area (Å²) in [5.74, 6) is 2.22. The fourth-order valence-corrected chi connectivity index (χ4v) is 3.49. The highest BCUT2D eigenvalue weighted by Gasteiger charge is 2.25. The van der Waals surface area contributed by atoms with E-state index in [4.69, 9.17) is 11.6 Å². The largest absolute Gasteiger partial charge is 0.118 e. The molecule has 0 aliphatic heterocycles. The molecule has 19 heavy (non-hydrogen) atoms. The van der Waals surface area contributed by atoms with Gasteiger partial charge in [0.1, 0.15) is 0 Å². The Morgan fingerprint density at radius 1 is 1.05 bits per heavy atom. The predicted octanol–water partition coefficient (Wildman–Crippen LogP) is 6.31. The third-order valence-electron chi connectivity index (χ3n) is 4.91. The smallest absolute Gasteiger partial charge is 0.0613 e. The van der Waals surface area contributed by atoms with Gasteiger partial charge < -0.3 is 0 Å². The van der Waals surface area contributed by atoms with Crippen LogP contribution in [0.2, 0.25) is 0 Å². The summed E-state index contributed by atoms with van der Waals surface area (Å²) in [5.41, 5.74) is 2.75. The first kappa shape index (κ1) is 14.9. The summed E-state index contributed by atoms with van der Waals surface area (Å²) >= 11 is 6.70. The van der Waals surface area contributed by atoms with Gasteiger partial charge in [-0.1, -0.05) is 57.9 Å². The maximum Gasteiger partial charge on any atom is 0.0613 e. The monoisotopic (exact) mass is 278 g/mol. The van der Waals surface area contributed by atoms with E-state index < -0.39 is 0 Å². The lowest BCUT2D eigenvalue weighted by molar-refractivity contribution is 0.283. The van der Waals surface area contributed by atoms with Crippen LogP contribution in [0.15, 0.2) is 24.3 Å². The Bertz CT molecular complexity index is 373. The van der Waals surface area contributed by atoms with Crippen molar-refractivity contribution in [2.24, 2.45) is 11.8 Å². The van der Waals surface area contributed by atoms with Gasteiger partial charge in [0.15, 0.2) is 0 Å². The lowest BCUT2D eigenvalue weighted by Gasteiger charge is -2.29. The van der Waals surface area contributed by atoms with Crippen LogP contribution in [-0.4, -0.2) is 0 Å². The molecule has 1 aromatic rings. The van der Waals surface area contributed by atoms with Gasteiger partial charge in [0.25, 0.3) is 0 Å². The SMILES string of the molecule is CCC(C)c1ccc(C(Cl)C2CCC(C)CC2)cc1. The molecular formula is C18H27Cl. The molecule has 1 heteroatoms. The molecule has 106 valence electrons. The van der Waals surface area contributed by atoms with Crippen LogP contribution in [0.1, 0.15) is 75.3 Å². The molecule has 0 bridgehead atoms. The number of rotatable bonds is 4. The minimum absolute atomic E-state index is 0.207. The average Bonchev–Trinajstić information content (AvgIpc) is 2.46. The van der Waals surface area contributed by atoms with Crippen molar-refractivity contribution in [3.05, 3.63) is 35.4 Å². The molecule has 0 nitrogen and oxygen atoms in total. The van der Waals surface area contributed by atoms with Gasteiger partial charge in [-0.3, -0.25) is 0 Å². The summed E-state index contributed by atoms with van der Waals surface area (Å²) in [4.78, 5) is 0. The van der Waals surface area contributed by atoms with Gasteiger partial charge in [0.2, 0.25) is 0 Å². The molecule has 0 saturated heterocycles. The van der Waals surface area contributed by atoms with Gasteiger partial charge in [-0.05, 0) is 48.1 Å². The van der Waals surface area contributed by atoms with Gasteiger partial charge in [-0.25, -0.2) is 0 Å². The molecule has 2 atom stereocenters. The fraction of sp³-hybridized carbons (Fsp3) is 0.667. The number of hydrogen-bond donors (Lipinski definition) is 0. The number of hydrogen-bond acceptors (Lipinski definition) is 0. The highest BCUT2D eigenvalue weighted by atomic mass is 35.5. The fourth-order valence-electron chi connectivity index (χ4n) is 3.09. The van der Waals surface area contributed by atoms with Crippen molar-refractivity contribution in [3.63, 3.8) is 0 Å². The van der Waals surface area contributed by atoms with Gasteiger partial charge in [0, 0.05) is 0 Å². The molecule has 1 saturated carbocycles. The summed E-state index contributed by atoms with van der Waals surface area (Å²) in [6.45, 7) is 6.89. The van der Waals surface area contributed by atoms with Crippen molar-refractivity contribution in [2.75, 3.05) is 0 Å². The van der Waals surface area contributed by atoms with Crippen LogP contribution in [0.5, 0.6) is 0 Å². The number of halogens is 1. The van der Waals surface area contributed by atoms with Crippen LogP contribution >= 0.6 is 11.6 Å². The molecule has 0 amide bonds. The van der Waals surface area contributed by atoms with E-state index in [9.17, 15) is 0 Å². The topological polar surface area (TPSA) is 0 Å². The van der Waals surface area contributed by atoms with Crippen molar-refractivity contribution in [1.82, 2.24) is 0 Å². The Morgan fingerprint density at radius 2 is 1.58 bits per heavy atom. The van der Waals surface area contributed by atoms with E-state index >= 15 is 0 Å². The zero-order chi connectivity index (χ0) is 13.8. The number of alkyl halides is 1. The van der Waals surface area contributed by atoms with E-state index in [1.807, 2.05) is 0 Å². The van der Waals surface area contributed by atoms with E-state index in [0.29, 0.717) is 11.8 Å². The molecule has 2 unspecified atom stereocenters. The van der Waals surface area contributed by atoms with Crippen LogP contribution in [0.4, 0.5) is 0 Å². The van der Waals surface area contributed by atoms with Gasteiger partial charge >= 0.3 is 0 Å². The van der Waals surface area contributed by atoms with E-state index in [-0.39, 0.29) is 5.38 Å². The van der Waals surface area contributed by atoms with Crippen LogP contribution in [-0.2, 0) is 0 Å². The molecule has 1 aliphatic carbocycles. The maximum atomic E-state index is 6.70.